The molecule has 1 aromatic carbocycles. The predicted molar refractivity (Wildman–Crippen MR) is 57.7 cm³/mol. The summed E-state index contributed by atoms with van der Waals surface area (Å²) >= 11 is 0. The van der Waals surface area contributed by atoms with Crippen molar-refractivity contribution in [2.24, 2.45) is 7.05 Å². The Balaban J connectivity index is 2.74. The lowest BCUT2D eigenvalue weighted by atomic mass is 10.1. The monoisotopic (exact) mass is 220 g/mol. The molecule has 1 aromatic heterocycles. The third kappa shape index (κ3) is 1.79. The minimum atomic E-state index is -0.522. The van der Waals surface area contributed by atoms with Gasteiger partial charge in [0, 0.05) is 18.7 Å². The average molecular weight is 220 g/mol. The molecule has 2 aromatic rings. The number of nitrogens with one attached hydrogen (secondary N) is 1. The van der Waals surface area contributed by atoms with Gasteiger partial charge in [0.2, 0.25) is 0 Å². The Kier molecular flexibility index (Phi) is 2.44. The molecule has 4 nitrogen and oxygen atoms in total. The van der Waals surface area contributed by atoms with Crippen LogP contribution >= 0.6 is 0 Å². The Morgan fingerprint density at radius 1 is 1.25 bits per heavy atom. The first-order chi connectivity index (χ1) is 7.58. The molecular formula is C11H9FN2O2. The smallest absolute Gasteiger partial charge is 0.296 e. The summed E-state index contributed by atoms with van der Waals surface area (Å²) in [6.45, 7) is 0. The van der Waals surface area contributed by atoms with Crippen molar-refractivity contribution in [2.45, 2.75) is 0 Å². The average Bonchev–Trinajstić information content (AvgIpc) is 2.23. The number of hydrogen-bond donors (Lipinski definition) is 1. The number of aromatic nitrogens is 2. The van der Waals surface area contributed by atoms with E-state index in [1.165, 1.54) is 35.9 Å². The lowest BCUT2D eigenvalue weighted by Gasteiger charge is -2.06. The summed E-state index contributed by atoms with van der Waals surface area (Å²) in [7, 11) is 1.51. The third-order valence-corrected chi connectivity index (χ3v) is 2.28. The van der Waals surface area contributed by atoms with E-state index in [2.05, 4.69) is 4.98 Å². The van der Waals surface area contributed by atoms with Gasteiger partial charge in [-0.15, -0.1) is 0 Å². The molecule has 1 N–H and O–H groups in total. The van der Waals surface area contributed by atoms with E-state index in [1.807, 2.05) is 0 Å². The van der Waals surface area contributed by atoms with Crippen LogP contribution in [0, 0.1) is 5.82 Å². The highest BCUT2D eigenvalue weighted by Crippen LogP contribution is 2.16. The lowest BCUT2D eigenvalue weighted by molar-refractivity contribution is 0.628. The molecule has 0 saturated carbocycles. The van der Waals surface area contributed by atoms with Crippen molar-refractivity contribution >= 4 is 0 Å². The Hall–Kier alpha value is -2.17. The first-order valence-corrected chi connectivity index (χ1v) is 4.64. The molecule has 5 heteroatoms. The summed E-state index contributed by atoms with van der Waals surface area (Å²) in [5.41, 5.74) is -0.145. The summed E-state index contributed by atoms with van der Waals surface area (Å²) < 4.78 is 14.3. The maximum absolute atomic E-state index is 13.0. The molecule has 2 rings (SSSR count). The number of H-pyrrole nitrogens is 1. The van der Waals surface area contributed by atoms with Crippen LogP contribution in [-0.2, 0) is 7.05 Å². The van der Waals surface area contributed by atoms with Crippen molar-refractivity contribution in [2.75, 3.05) is 0 Å². The standard InChI is InChI=1S/C11H9FN2O2/c1-14-9(6-10(15)13-11(14)16)7-3-2-4-8(12)5-7/h2-6H,1H3,(H,13,15,16). The summed E-state index contributed by atoms with van der Waals surface area (Å²) in [4.78, 5) is 24.6. The summed E-state index contributed by atoms with van der Waals surface area (Å²) in [6, 6.07) is 6.99. The zero-order valence-corrected chi connectivity index (χ0v) is 8.53. The first kappa shape index (κ1) is 10.4. The Morgan fingerprint density at radius 2 is 2.00 bits per heavy atom. The quantitative estimate of drug-likeness (QED) is 0.775. The van der Waals surface area contributed by atoms with E-state index < -0.39 is 17.1 Å². The molecule has 0 fully saturated rings. The lowest BCUT2D eigenvalue weighted by Crippen LogP contribution is -2.28. The van der Waals surface area contributed by atoms with Gasteiger partial charge in [-0.1, -0.05) is 12.1 Å². The molecule has 0 radical (unpaired) electrons. The van der Waals surface area contributed by atoms with Crippen LogP contribution in [0.3, 0.4) is 0 Å². The molecule has 1 heterocycles. The molecule has 0 spiro atoms. The van der Waals surface area contributed by atoms with Crippen LogP contribution < -0.4 is 11.2 Å². The Labute approximate surface area is 90.0 Å². The highest BCUT2D eigenvalue weighted by Gasteiger charge is 2.05. The van der Waals surface area contributed by atoms with Gasteiger partial charge in [-0.25, -0.2) is 9.18 Å². The van der Waals surface area contributed by atoms with Crippen molar-refractivity contribution < 1.29 is 4.39 Å². The van der Waals surface area contributed by atoms with Crippen LogP contribution in [0.2, 0.25) is 0 Å². The van der Waals surface area contributed by atoms with E-state index >= 15 is 0 Å². The molecule has 0 unspecified atom stereocenters. The number of rotatable bonds is 1. The zero-order valence-electron chi connectivity index (χ0n) is 8.53. The molecule has 0 bridgehead atoms. The second-order valence-corrected chi connectivity index (χ2v) is 3.39. The van der Waals surface area contributed by atoms with Crippen LogP contribution in [0.5, 0.6) is 0 Å². The van der Waals surface area contributed by atoms with Crippen LogP contribution in [0.25, 0.3) is 11.3 Å². The molecule has 0 amide bonds. The van der Waals surface area contributed by atoms with Crippen LogP contribution in [0.15, 0.2) is 39.9 Å². The third-order valence-electron chi connectivity index (χ3n) is 2.28. The van der Waals surface area contributed by atoms with E-state index in [9.17, 15) is 14.0 Å². The maximum Gasteiger partial charge on any atom is 0.328 e. The number of hydrogen-bond acceptors (Lipinski definition) is 2. The zero-order chi connectivity index (χ0) is 11.7. The number of halogens is 1. The van der Waals surface area contributed by atoms with Gasteiger partial charge < -0.3 is 0 Å². The molecule has 0 saturated heterocycles. The highest BCUT2D eigenvalue weighted by molar-refractivity contribution is 5.58. The summed E-state index contributed by atoms with van der Waals surface area (Å²) in [6.07, 6.45) is 0. The summed E-state index contributed by atoms with van der Waals surface area (Å²) in [5, 5.41) is 0. The second-order valence-electron chi connectivity index (χ2n) is 3.39. The Morgan fingerprint density at radius 3 is 2.69 bits per heavy atom. The van der Waals surface area contributed by atoms with Gasteiger partial charge in [-0.3, -0.25) is 14.3 Å². The second kappa shape index (κ2) is 3.77. The van der Waals surface area contributed by atoms with Gasteiger partial charge in [0.15, 0.2) is 0 Å². The largest absolute Gasteiger partial charge is 0.328 e. The van der Waals surface area contributed by atoms with E-state index in [0.29, 0.717) is 11.3 Å². The van der Waals surface area contributed by atoms with Crippen molar-refractivity contribution in [3.05, 3.63) is 57.0 Å². The number of benzene rings is 1. The molecule has 0 atom stereocenters. The normalized spacial score (nSPS) is 10.4. The van der Waals surface area contributed by atoms with Gasteiger partial charge in [-0.05, 0) is 12.1 Å². The van der Waals surface area contributed by atoms with Gasteiger partial charge in [-0.2, -0.15) is 0 Å². The number of aromatic amines is 1. The molecule has 0 aliphatic carbocycles. The fourth-order valence-corrected chi connectivity index (χ4v) is 1.48. The van der Waals surface area contributed by atoms with Crippen molar-refractivity contribution in [1.82, 2.24) is 9.55 Å². The predicted octanol–water partition coefficient (Wildman–Crippen LogP) is 0.880. The molecule has 16 heavy (non-hydrogen) atoms. The fourth-order valence-electron chi connectivity index (χ4n) is 1.48. The number of nitrogens with zero attached hydrogens (tertiary/aromatic N) is 1. The Bertz CT molecular complexity index is 643. The van der Waals surface area contributed by atoms with Crippen LogP contribution in [0.1, 0.15) is 0 Å². The highest BCUT2D eigenvalue weighted by atomic mass is 19.1. The van der Waals surface area contributed by atoms with Crippen molar-refractivity contribution in [1.29, 1.82) is 0 Å². The van der Waals surface area contributed by atoms with E-state index in [4.69, 9.17) is 0 Å². The first-order valence-electron chi connectivity index (χ1n) is 4.64. The fraction of sp³-hybridized carbons (Fsp3) is 0.0909. The molecule has 0 aliphatic heterocycles. The van der Waals surface area contributed by atoms with E-state index in [-0.39, 0.29) is 0 Å². The SMILES string of the molecule is Cn1c(-c2cccc(F)c2)cc(=O)[nH]c1=O. The van der Waals surface area contributed by atoms with Gasteiger partial charge >= 0.3 is 5.69 Å². The topological polar surface area (TPSA) is 54.9 Å². The van der Waals surface area contributed by atoms with Crippen LogP contribution in [-0.4, -0.2) is 9.55 Å². The van der Waals surface area contributed by atoms with Gasteiger partial charge in [0.1, 0.15) is 5.82 Å². The van der Waals surface area contributed by atoms with Gasteiger partial charge in [0.05, 0.1) is 5.69 Å². The van der Waals surface area contributed by atoms with Crippen LogP contribution in [0.4, 0.5) is 4.39 Å². The minimum Gasteiger partial charge on any atom is -0.296 e. The summed E-state index contributed by atoms with van der Waals surface area (Å²) in [5.74, 6) is -0.412. The van der Waals surface area contributed by atoms with Crippen molar-refractivity contribution in [3.8, 4) is 11.3 Å². The minimum absolute atomic E-state index is 0.383. The van der Waals surface area contributed by atoms with E-state index in [0.717, 1.165) is 0 Å². The molecular weight excluding hydrogens is 211 g/mol. The van der Waals surface area contributed by atoms with Crippen molar-refractivity contribution in [3.63, 3.8) is 0 Å². The van der Waals surface area contributed by atoms with E-state index in [1.54, 1.807) is 6.07 Å². The maximum atomic E-state index is 13.0. The van der Waals surface area contributed by atoms with Gasteiger partial charge in [0.25, 0.3) is 5.56 Å². The molecule has 82 valence electrons. The molecule has 0 aliphatic rings.